The van der Waals surface area contributed by atoms with Crippen molar-refractivity contribution in [3.05, 3.63) is 46.6 Å². The molecule has 1 heterocycles. The van der Waals surface area contributed by atoms with Crippen molar-refractivity contribution in [2.24, 2.45) is 0 Å². The Morgan fingerprint density at radius 2 is 1.94 bits per heavy atom. The van der Waals surface area contributed by atoms with Crippen LogP contribution in [0.2, 0.25) is 0 Å². The van der Waals surface area contributed by atoms with Gasteiger partial charge >= 0.3 is 0 Å². The zero-order valence-electron chi connectivity index (χ0n) is 10.2. The Kier molecular flexibility index (Phi) is 2.95. The lowest BCUT2D eigenvalue weighted by Crippen LogP contribution is -2.12. The maximum Gasteiger partial charge on any atom is 0.256 e. The van der Waals surface area contributed by atoms with Crippen molar-refractivity contribution in [2.45, 2.75) is 20.8 Å². The van der Waals surface area contributed by atoms with Crippen LogP contribution in [0, 0.1) is 20.8 Å². The SMILES string of the molecule is Cc1cc(NC(=O)c2ccc(C)c(C)c2)n[nH]1. The minimum atomic E-state index is -0.139. The van der Waals surface area contributed by atoms with E-state index in [9.17, 15) is 4.79 Å². The molecule has 0 radical (unpaired) electrons. The second-order valence-electron chi connectivity index (χ2n) is 4.19. The highest BCUT2D eigenvalue weighted by molar-refractivity contribution is 6.03. The second-order valence-corrected chi connectivity index (χ2v) is 4.19. The van der Waals surface area contributed by atoms with Gasteiger partial charge in [0, 0.05) is 17.3 Å². The van der Waals surface area contributed by atoms with Gasteiger partial charge in [-0.05, 0) is 44.0 Å². The van der Waals surface area contributed by atoms with Crippen LogP contribution in [0.5, 0.6) is 0 Å². The molecule has 88 valence electrons. The lowest BCUT2D eigenvalue weighted by Gasteiger charge is -2.04. The first-order valence-corrected chi connectivity index (χ1v) is 5.47. The van der Waals surface area contributed by atoms with Crippen molar-refractivity contribution >= 4 is 11.7 Å². The summed E-state index contributed by atoms with van der Waals surface area (Å²) in [5.74, 6) is 0.408. The Morgan fingerprint density at radius 1 is 1.18 bits per heavy atom. The van der Waals surface area contributed by atoms with Crippen LogP contribution >= 0.6 is 0 Å². The molecule has 1 amide bonds. The molecular weight excluding hydrogens is 214 g/mol. The van der Waals surface area contributed by atoms with Crippen molar-refractivity contribution < 1.29 is 4.79 Å². The lowest BCUT2D eigenvalue weighted by atomic mass is 10.1. The molecule has 0 unspecified atom stereocenters. The van der Waals surface area contributed by atoms with Gasteiger partial charge in [0.05, 0.1) is 0 Å². The van der Waals surface area contributed by atoms with Gasteiger partial charge in [-0.3, -0.25) is 9.89 Å². The molecule has 0 aliphatic carbocycles. The predicted octanol–water partition coefficient (Wildman–Crippen LogP) is 2.59. The van der Waals surface area contributed by atoms with E-state index in [1.54, 1.807) is 6.07 Å². The molecule has 0 fully saturated rings. The van der Waals surface area contributed by atoms with Crippen molar-refractivity contribution in [1.29, 1.82) is 0 Å². The Bertz CT molecular complexity index is 558. The number of hydrogen-bond acceptors (Lipinski definition) is 2. The number of rotatable bonds is 2. The maximum absolute atomic E-state index is 11.9. The minimum absolute atomic E-state index is 0.139. The van der Waals surface area contributed by atoms with E-state index in [4.69, 9.17) is 0 Å². The van der Waals surface area contributed by atoms with Crippen LogP contribution in [0.4, 0.5) is 5.82 Å². The Hall–Kier alpha value is -2.10. The van der Waals surface area contributed by atoms with Crippen molar-refractivity contribution in [3.63, 3.8) is 0 Å². The first-order chi connectivity index (χ1) is 8.06. The first-order valence-electron chi connectivity index (χ1n) is 5.47. The summed E-state index contributed by atoms with van der Waals surface area (Å²) in [5, 5.41) is 9.49. The molecule has 17 heavy (non-hydrogen) atoms. The zero-order valence-corrected chi connectivity index (χ0v) is 10.2. The highest BCUT2D eigenvalue weighted by Crippen LogP contribution is 2.12. The molecule has 4 heteroatoms. The topological polar surface area (TPSA) is 57.8 Å². The molecule has 2 rings (SSSR count). The summed E-state index contributed by atoms with van der Waals surface area (Å²) in [6.45, 7) is 5.90. The van der Waals surface area contributed by atoms with Crippen LogP contribution in [-0.4, -0.2) is 16.1 Å². The number of benzene rings is 1. The number of carbonyl (C=O) groups excluding carboxylic acids is 1. The van der Waals surface area contributed by atoms with Crippen LogP contribution < -0.4 is 5.32 Å². The third-order valence-corrected chi connectivity index (χ3v) is 2.72. The number of amides is 1. The Morgan fingerprint density at radius 3 is 2.53 bits per heavy atom. The van der Waals surface area contributed by atoms with E-state index in [-0.39, 0.29) is 5.91 Å². The fourth-order valence-electron chi connectivity index (χ4n) is 1.55. The number of H-pyrrole nitrogens is 1. The second kappa shape index (κ2) is 4.41. The number of nitrogens with one attached hydrogen (secondary N) is 2. The largest absolute Gasteiger partial charge is 0.305 e. The summed E-state index contributed by atoms with van der Waals surface area (Å²) in [6.07, 6.45) is 0. The van der Waals surface area contributed by atoms with Gasteiger partial charge in [-0.25, -0.2) is 0 Å². The Balaban J connectivity index is 2.17. The van der Waals surface area contributed by atoms with Crippen molar-refractivity contribution in [3.8, 4) is 0 Å². The fraction of sp³-hybridized carbons (Fsp3) is 0.231. The van der Waals surface area contributed by atoms with Gasteiger partial charge in [-0.15, -0.1) is 0 Å². The highest BCUT2D eigenvalue weighted by Gasteiger charge is 2.08. The van der Waals surface area contributed by atoms with Gasteiger partial charge in [0.15, 0.2) is 5.82 Å². The fourth-order valence-corrected chi connectivity index (χ4v) is 1.55. The number of aromatic amines is 1. The summed E-state index contributed by atoms with van der Waals surface area (Å²) < 4.78 is 0. The van der Waals surface area contributed by atoms with Gasteiger partial charge in [-0.1, -0.05) is 6.07 Å². The van der Waals surface area contributed by atoms with E-state index < -0.39 is 0 Å². The third kappa shape index (κ3) is 2.53. The van der Waals surface area contributed by atoms with Crippen LogP contribution in [0.15, 0.2) is 24.3 Å². The van der Waals surface area contributed by atoms with Crippen molar-refractivity contribution in [1.82, 2.24) is 10.2 Å². The number of carbonyl (C=O) groups is 1. The van der Waals surface area contributed by atoms with Gasteiger partial charge in [0.25, 0.3) is 5.91 Å². The molecule has 1 aromatic carbocycles. The smallest absolute Gasteiger partial charge is 0.256 e. The van der Waals surface area contributed by atoms with Crippen LogP contribution in [-0.2, 0) is 0 Å². The number of aromatic nitrogens is 2. The molecule has 0 atom stereocenters. The standard InChI is InChI=1S/C13H15N3O/c1-8-4-5-11(6-9(8)2)13(17)14-12-7-10(3)15-16-12/h4-7H,1-3H3,(H2,14,15,16,17). The molecule has 0 aliphatic rings. The van der Waals surface area contributed by atoms with E-state index in [0.717, 1.165) is 11.3 Å². The summed E-state index contributed by atoms with van der Waals surface area (Å²) in [7, 11) is 0. The quantitative estimate of drug-likeness (QED) is 0.831. The number of hydrogen-bond donors (Lipinski definition) is 2. The molecule has 4 nitrogen and oxygen atoms in total. The summed E-state index contributed by atoms with van der Waals surface area (Å²) >= 11 is 0. The van der Waals surface area contributed by atoms with Gasteiger partial charge in [0.1, 0.15) is 0 Å². The summed E-state index contributed by atoms with van der Waals surface area (Å²) in [6, 6.07) is 7.43. The minimum Gasteiger partial charge on any atom is -0.305 e. The average molecular weight is 229 g/mol. The van der Waals surface area contributed by atoms with Crippen LogP contribution in [0.25, 0.3) is 0 Å². The molecular formula is C13H15N3O. The van der Waals surface area contributed by atoms with E-state index in [2.05, 4.69) is 15.5 Å². The monoisotopic (exact) mass is 229 g/mol. The molecule has 0 bridgehead atoms. The van der Waals surface area contributed by atoms with E-state index in [0.29, 0.717) is 11.4 Å². The first kappa shape index (κ1) is 11.4. The predicted molar refractivity (Wildman–Crippen MR) is 67.2 cm³/mol. The molecule has 0 saturated heterocycles. The molecule has 0 aliphatic heterocycles. The van der Waals surface area contributed by atoms with Crippen molar-refractivity contribution in [2.75, 3.05) is 5.32 Å². The molecule has 1 aromatic heterocycles. The van der Waals surface area contributed by atoms with E-state index in [1.165, 1.54) is 5.56 Å². The molecule has 2 aromatic rings. The molecule has 0 spiro atoms. The normalized spacial score (nSPS) is 10.3. The highest BCUT2D eigenvalue weighted by atomic mass is 16.1. The van der Waals surface area contributed by atoms with Crippen LogP contribution in [0.1, 0.15) is 27.2 Å². The number of aryl methyl sites for hydroxylation is 3. The summed E-state index contributed by atoms with van der Waals surface area (Å²) in [5.41, 5.74) is 3.85. The lowest BCUT2D eigenvalue weighted by molar-refractivity contribution is 0.102. The Labute approximate surface area is 100 Å². The van der Waals surface area contributed by atoms with Gasteiger partial charge in [-0.2, -0.15) is 5.10 Å². The van der Waals surface area contributed by atoms with Crippen LogP contribution in [0.3, 0.4) is 0 Å². The third-order valence-electron chi connectivity index (χ3n) is 2.72. The van der Waals surface area contributed by atoms with Gasteiger partial charge < -0.3 is 5.32 Å². The van der Waals surface area contributed by atoms with E-state index >= 15 is 0 Å². The van der Waals surface area contributed by atoms with E-state index in [1.807, 2.05) is 39.0 Å². The van der Waals surface area contributed by atoms with Gasteiger partial charge in [0.2, 0.25) is 0 Å². The maximum atomic E-state index is 11.9. The summed E-state index contributed by atoms with van der Waals surface area (Å²) in [4.78, 5) is 11.9. The molecule has 2 N–H and O–H groups in total. The zero-order chi connectivity index (χ0) is 12.4. The average Bonchev–Trinajstić information content (AvgIpc) is 2.68. The number of anilines is 1. The molecule has 0 saturated carbocycles. The number of nitrogens with zero attached hydrogens (tertiary/aromatic N) is 1.